The quantitative estimate of drug-likeness (QED) is 0.900. The van der Waals surface area contributed by atoms with Gasteiger partial charge in [0.1, 0.15) is 5.82 Å². The highest BCUT2D eigenvalue weighted by atomic mass is 19.1. The zero-order valence-corrected chi connectivity index (χ0v) is 10.9. The number of nitrogens with one attached hydrogen (secondary N) is 2. The van der Waals surface area contributed by atoms with Crippen molar-refractivity contribution in [2.45, 2.75) is 12.5 Å². The van der Waals surface area contributed by atoms with E-state index in [1.54, 1.807) is 12.1 Å². The van der Waals surface area contributed by atoms with Gasteiger partial charge in [-0.15, -0.1) is 0 Å². The fraction of sp³-hybridized carbons (Fsp3) is 0.188. The minimum Gasteiger partial charge on any atom is -0.384 e. The molecule has 0 aliphatic carbocycles. The molecule has 0 bridgehead atoms. The molecule has 3 nitrogen and oxygen atoms in total. The Hall–Kier alpha value is -2.36. The summed E-state index contributed by atoms with van der Waals surface area (Å²) in [4.78, 5) is 12.2. The summed E-state index contributed by atoms with van der Waals surface area (Å²) in [5.41, 5.74) is 2.79. The number of carbonyl (C=O) groups excluding carboxylic acids is 1. The fourth-order valence-electron chi connectivity index (χ4n) is 2.48. The van der Waals surface area contributed by atoms with Crippen LogP contribution in [0.4, 0.5) is 10.1 Å². The molecule has 102 valence electrons. The predicted molar refractivity (Wildman–Crippen MR) is 75.9 cm³/mol. The van der Waals surface area contributed by atoms with E-state index in [9.17, 15) is 9.18 Å². The maximum Gasteiger partial charge on any atom is 0.229 e. The average molecular weight is 270 g/mol. The first kappa shape index (κ1) is 12.7. The highest BCUT2D eigenvalue weighted by molar-refractivity contribution is 5.88. The zero-order chi connectivity index (χ0) is 13.9. The van der Waals surface area contributed by atoms with E-state index in [1.165, 1.54) is 12.1 Å². The Kier molecular flexibility index (Phi) is 3.37. The molecule has 1 amide bonds. The van der Waals surface area contributed by atoms with Crippen LogP contribution in [0.15, 0.2) is 48.5 Å². The number of amides is 1. The lowest BCUT2D eigenvalue weighted by Gasteiger charge is -2.11. The Morgan fingerprint density at radius 3 is 2.95 bits per heavy atom. The summed E-state index contributed by atoms with van der Waals surface area (Å²) in [6, 6.07) is 14.1. The largest absolute Gasteiger partial charge is 0.384 e. The lowest BCUT2D eigenvalue weighted by molar-refractivity contribution is -0.122. The molecular weight excluding hydrogens is 255 g/mol. The summed E-state index contributed by atoms with van der Waals surface area (Å²) in [6.45, 7) is 0.948. The molecule has 2 aromatic rings. The second kappa shape index (κ2) is 5.33. The molecule has 2 aromatic carbocycles. The maximum atomic E-state index is 13.1. The summed E-state index contributed by atoms with van der Waals surface area (Å²) in [5, 5.41) is 6.08. The molecule has 0 spiro atoms. The third-order valence-corrected chi connectivity index (χ3v) is 3.51. The van der Waals surface area contributed by atoms with Gasteiger partial charge in [0.15, 0.2) is 0 Å². The zero-order valence-electron chi connectivity index (χ0n) is 10.9. The monoisotopic (exact) mass is 270 g/mol. The SMILES string of the molecule is O=C(NCc1cccc(F)c1)C1CNc2ccccc21. The highest BCUT2D eigenvalue weighted by Crippen LogP contribution is 2.30. The van der Waals surface area contributed by atoms with Crippen molar-refractivity contribution < 1.29 is 9.18 Å². The van der Waals surface area contributed by atoms with Gasteiger partial charge < -0.3 is 10.6 Å². The van der Waals surface area contributed by atoms with Crippen LogP contribution >= 0.6 is 0 Å². The van der Waals surface area contributed by atoms with E-state index in [2.05, 4.69) is 10.6 Å². The number of hydrogen-bond acceptors (Lipinski definition) is 2. The number of benzene rings is 2. The van der Waals surface area contributed by atoms with E-state index in [0.717, 1.165) is 16.8 Å². The summed E-state index contributed by atoms with van der Waals surface area (Å²) in [6.07, 6.45) is 0. The molecule has 2 N–H and O–H groups in total. The number of anilines is 1. The van der Waals surface area contributed by atoms with Gasteiger partial charge in [-0.2, -0.15) is 0 Å². The van der Waals surface area contributed by atoms with Gasteiger partial charge in [0.25, 0.3) is 0 Å². The summed E-state index contributed by atoms with van der Waals surface area (Å²) in [5.74, 6) is -0.504. The van der Waals surface area contributed by atoms with E-state index in [4.69, 9.17) is 0 Å². The maximum absolute atomic E-state index is 13.1. The Balaban J connectivity index is 1.66. The van der Waals surface area contributed by atoms with Crippen molar-refractivity contribution in [2.75, 3.05) is 11.9 Å². The van der Waals surface area contributed by atoms with E-state index >= 15 is 0 Å². The second-order valence-electron chi connectivity index (χ2n) is 4.87. The molecule has 1 atom stereocenters. The minimum absolute atomic E-state index is 0.0355. The van der Waals surface area contributed by atoms with Crippen molar-refractivity contribution >= 4 is 11.6 Å². The first-order valence-corrected chi connectivity index (χ1v) is 6.59. The van der Waals surface area contributed by atoms with Crippen LogP contribution in [0.2, 0.25) is 0 Å². The molecule has 1 aliphatic heterocycles. The van der Waals surface area contributed by atoms with E-state index < -0.39 is 0 Å². The first-order chi connectivity index (χ1) is 9.74. The third kappa shape index (κ3) is 2.50. The van der Waals surface area contributed by atoms with Crippen LogP contribution < -0.4 is 10.6 Å². The van der Waals surface area contributed by atoms with Crippen LogP contribution in [-0.2, 0) is 11.3 Å². The highest BCUT2D eigenvalue weighted by Gasteiger charge is 2.27. The molecule has 1 aliphatic rings. The van der Waals surface area contributed by atoms with Crippen LogP contribution in [0.25, 0.3) is 0 Å². The van der Waals surface area contributed by atoms with Gasteiger partial charge in [0, 0.05) is 18.8 Å². The summed E-state index contributed by atoms with van der Waals surface area (Å²) < 4.78 is 13.1. The first-order valence-electron chi connectivity index (χ1n) is 6.59. The van der Waals surface area contributed by atoms with Crippen LogP contribution in [-0.4, -0.2) is 12.5 Å². The van der Waals surface area contributed by atoms with Crippen molar-refractivity contribution in [1.82, 2.24) is 5.32 Å². The fourth-order valence-corrected chi connectivity index (χ4v) is 2.48. The molecule has 0 aromatic heterocycles. The van der Waals surface area contributed by atoms with Crippen LogP contribution in [0, 0.1) is 5.82 Å². The molecule has 0 radical (unpaired) electrons. The lowest BCUT2D eigenvalue weighted by Crippen LogP contribution is -2.29. The van der Waals surface area contributed by atoms with E-state index in [-0.39, 0.29) is 17.6 Å². The molecule has 0 fully saturated rings. The Morgan fingerprint density at radius 2 is 2.10 bits per heavy atom. The molecule has 0 saturated heterocycles. The number of carbonyl (C=O) groups is 1. The molecule has 20 heavy (non-hydrogen) atoms. The topological polar surface area (TPSA) is 41.1 Å². The van der Waals surface area contributed by atoms with Crippen molar-refractivity contribution in [3.63, 3.8) is 0 Å². The standard InChI is InChI=1S/C16H15FN2O/c17-12-5-3-4-11(8-12)9-19-16(20)14-10-18-15-7-2-1-6-13(14)15/h1-8,14,18H,9-10H2,(H,19,20). The molecule has 1 heterocycles. The van der Waals surface area contributed by atoms with E-state index in [0.29, 0.717) is 13.1 Å². The van der Waals surface area contributed by atoms with Gasteiger partial charge in [-0.1, -0.05) is 30.3 Å². The molecule has 3 rings (SSSR count). The normalized spacial score (nSPS) is 16.4. The third-order valence-electron chi connectivity index (χ3n) is 3.51. The molecule has 4 heteroatoms. The van der Waals surface area contributed by atoms with E-state index in [1.807, 2.05) is 24.3 Å². The van der Waals surface area contributed by atoms with Crippen molar-refractivity contribution in [3.05, 3.63) is 65.5 Å². The van der Waals surface area contributed by atoms with Crippen molar-refractivity contribution in [2.24, 2.45) is 0 Å². The van der Waals surface area contributed by atoms with Crippen LogP contribution in [0.3, 0.4) is 0 Å². The minimum atomic E-state index is -0.287. The lowest BCUT2D eigenvalue weighted by atomic mass is 10.0. The Morgan fingerprint density at radius 1 is 1.25 bits per heavy atom. The molecular formula is C16H15FN2O. The summed E-state index contributed by atoms with van der Waals surface area (Å²) >= 11 is 0. The number of para-hydroxylation sites is 1. The van der Waals surface area contributed by atoms with Gasteiger partial charge in [-0.05, 0) is 29.3 Å². The van der Waals surface area contributed by atoms with Gasteiger partial charge in [0.05, 0.1) is 5.92 Å². The van der Waals surface area contributed by atoms with Crippen LogP contribution in [0.5, 0.6) is 0 Å². The second-order valence-corrected chi connectivity index (χ2v) is 4.87. The smallest absolute Gasteiger partial charge is 0.229 e. The molecule has 1 unspecified atom stereocenters. The number of fused-ring (bicyclic) bond motifs is 1. The summed E-state index contributed by atoms with van der Waals surface area (Å²) in [7, 11) is 0. The Bertz CT molecular complexity index is 642. The van der Waals surface area contributed by atoms with Gasteiger partial charge >= 0.3 is 0 Å². The Labute approximate surface area is 116 Å². The number of rotatable bonds is 3. The van der Waals surface area contributed by atoms with Crippen molar-refractivity contribution in [3.8, 4) is 0 Å². The van der Waals surface area contributed by atoms with Crippen LogP contribution in [0.1, 0.15) is 17.0 Å². The van der Waals surface area contributed by atoms with Gasteiger partial charge in [0.2, 0.25) is 5.91 Å². The predicted octanol–water partition coefficient (Wildman–Crippen LogP) is 2.65. The number of hydrogen-bond donors (Lipinski definition) is 2. The van der Waals surface area contributed by atoms with Crippen molar-refractivity contribution in [1.29, 1.82) is 0 Å². The van der Waals surface area contributed by atoms with Gasteiger partial charge in [-0.25, -0.2) is 4.39 Å². The average Bonchev–Trinajstić information content (AvgIpc) is 2.89. The number of halogens is 1. The van der Waals surface area contributed by atoms with Gasteiger partial charge in [-0.3, -0.25) is 4.79 Å². The molecule has 0 saturated carbocycles.